The van der Waals surface area contributed by atoms with Gasteiger partial charge in [0.05, 0.1) is 12.5 Å². The van der Waals surface area contributed by atoms with Crippen molar-refractivity contribution in [1.82, 2.24) is 0 Å². The van der Waals surface area contributed by atoms with E-state index < -0.39 is 0 Å². The molecule has 23 heavy (non-hydrogen) atoms. The van der Waals surface area contributed by atoms with Crippen molar-refractivity contribution in [3.8, 4) is 0 Å². The topological polar surface area (TPSA) is 38.3 Å². The molecule has 3 nitrogen and oxygen atoms in total. The predicted molar refractivity (Wildman–Crippen MR) is 92.7 cm³/mol. The zero-order chi connectivity index (χ0) is 16.4. The Hall–Kier alpha value is -2.29. The lowest BCUT2D eigenvalue weighted by molar-refractivity contribution is -0.149. The van der Waals surface area contributed by atoms with Crippen molar-refractivity contribution in [2.24, 2.45) is 5.92 Å². The number of anilines is 1. The third kappa shape index (κ3) is 2.96. The molecule has 1 heterocycles. The van der Waals surface area contributed by atoms with Gasteiger partial charge in [0.1, 0.15) is 0 Å². The fraction of sp³-hybridized carbons (Fsp3) is 0.350. The number of ether oxygens (including phenoxy) is 1. The number of para-hydroxylation sites is 1. The molecule has 0 fully saturated rings. The molecule has 0 unspecified atom stereocenters. The SMILES string of the molecule is CCOC(=O)[C@H]1[C@H](c2ccc(C)cc2)c2ccccc2N[C@@H]1C. The van der Waals surface area contributed by atoms with Gasteiger partial charge in [-0.2, -0.15) is 0 Å². The first kappa shape index (κ1) is 15.6. The first-order valence-corrected chi connectivity index (χ1v) is 8.20. The van der Waals surface area contributed by atoms with Crippen molar-refractivity contribution < 1.29 is 9.53 Å². The first-order chi connectivity index (χ1) is 11.1. The van der Waals surface area contributed by atoms with Crippen LogP contribution in [0.15, 0.2) is 48.5 Å². The van der Waals surface area contributed by atoms with Crippen LogP contribution in [0.5, 0.6) is 0 Å². The molecule has 1 aliphatic rings. The lowest BCUT2D eigenvalue weighted by Crippen LogP contribution is -2.42. The lowest BCUT2D eigenvalue weighted by Gasteiger charge is -2.38. The summed E-state index contributed by atoms with van der Waals surface area (Å²) >= 11 is 0. The minimum Gasteiger partial charge on any atom is -0.466 e. The van der Waals surface area contributed by atoms with Crippen molar-refractivity contribution in [2.45, 2.75) is 32.7 Å². The van der Waals surface area contributed by atoms with Crippen molar-refractivity contribution in [2.75, 3.05) is 11.9 Å². The van der Waals surface area contributed by atoms with Gasteiger partial charge in [0, 0.05) is 17.6 Å². The van der Waals surface area contributed by atoms with E-state index in [9.17, 15) is 4.79 Å². The summed E-state index contributed by atoms with van der Waals surface area (Å²) in [4.78, 5) is 12.6. The van der Waals surface area contributed by atoms with Crippen LogP contribution in [0.2, 0.25) is 0 Å². The normalized spacial score (nSPS) is 22.8. The molecular formula is C20H23NO2. The number of esters is 1. The van der Waals surface area contributed by atoms with Crippen LogP contribution in [-0.4, -0.2) is 18.6 Å². The highest BCUT2D eigenvalue weighted by Gasteiger charge is 2.40. The standard InChI is InChI=1S/C20H23NO2/c1-4-23-20(22)18-14(3)21-17-8-6-5-7-16(17)19(18)15-11-9-13(2)10-12-15/h5-12,14,18-19,21H,4H2,1-3H3/t14-,18-,19-/m1/s1. The molecule has 120 valence electrons. The molecule has 0 saturated heterocycles. The summed E-state index contributed by atoms with van der Waals surface area (Å²) in [6.07, 6.45) is 0. The van der Waals surface area contributed by atoms with Crippen molar-refractivity contribution in [3.63, 3.8) is 0 Å². The molecule has 0 radical (unpaired) electrons. The molecule has 3 heteroatoms. The fourth-order valence-electron chi connectivity index (χ4n) is 3.46. The number of fused-ring (bicyclic) bond motifs is 1. The summed E-state index contributed by atoms with van der Waals surface area (Å²) in [5, 5.41) is 3.46. The molecule has 2 aromatic rings. The maximum absolute atomic E-state index is 12.6. The monoisotopic (exact) mass is 309 g/mol. The second-order valence-electron chi connectivity index (χ2n) is 6.19. The Morgan fingerprint density at radius 2 is 1.83 bits per heavy atom. The Labute approximate surface area is 137 Å². The van der Waals surface area contributed by atoms with Crippen LogP contribution >= 0.6 is 0 Å². The zero-order valence-electron chi connectivity index (χ0n) is 13.9. The number of rotatable bonds is 3. The molecule has 0 aromatic heterocycles. The summed E-state index contributed by atoms with van der Waals surface area (Å²) in [5.41, 5.74) is 4.64. The highest BCUT2D eigenvalue weighted by molar-refractivity contribution is 5.79. The predicted octanol–water partition coefficient (Wildman–Crippen LogP) is 4.12. The van der Waals surface area contributed by atoms with Gasteiger partial charge in [-0.25, -0.2) is 0 Å². The minimum atomic E-state index is -0.229. The van der Waals surface area contributed by atoms with Gasteiger partial charge >= 0.3 is 5.97 Å². The Balaban J connectivity index is 2.10. The number of carbonyl (C=O) groups is 1. The van der Waals surface area contributed by atoms with E-state index in [-0.39, 0.29) is 23.8 Å². The smallest absolute Gasteiger partial charge is 0.311 e. The second-order valence-corrected chi connectivity index (χ2v) is 6.19. The van der Waals surface area contributed by atoms with E-state index >= 15 is 0 Å². The largest absolute Gasteiger partial charge is 0.466 e. The summed E-state index contributed by atoms with van der Waals surface area (Å²) in [6.45, 7) is 6.39. The maximum atomic E-state index is 12.6. The van der Waals surface area contributed by atoms with Crippen LogP contribution in [-0.2, 0) is 9.53 Å². The number of carbonyl (C=O) groups excluding carboxylic acids is 1. The highest BCUT2D eigenvalue weighted by Crippen LogP contribution is 2.43. The number of hydrogen-bond acceptors (Lipinski definition) is 3. The molecule has 0 bridgehead atoms. The van der Waals surface area contributed by atoms with Crippen LogP contribution in [0, 0.1) is 12.8 Å². The number of benzene rings is 2. The molecular weight excluding hydrogens is 286 g/mol. The summed E-state index contributed by atoms with van der Waals surface area (Å²) < 4.78 is 5.36. The summed E-state index contributed by atoms with van der Waals surface area (Å²) in [7, 11) is 0. The first-order valence-electron chi connectivity index (χ1n) is 8.20. The van der Waals surface area contributed by atoms with E-state index in [0.717, 1.165) is 16.8 Å². The van der Waals surface area contributed by atoms with Crippen molar-refractivity contribution in [1.29, 1.82) is 0 Å². The fourth-order valence-corrected chi connectivity index (χ4v) is 3.46. The van der Waals surface area contributed by atoms with Gasteiger partial charge in [-0.15, -0.1) is 0 Å². The van der Waals surface area contributed by atoms with Crippen LogP contribution in [0.25, 0.3) is 0 Å². The molecule has 3 rings (SSSR count). The van der Waals surface area contributed by atoms with Gasteiger partial charge < -0.3 is 10.1 Å². The van der Waals surface area contributed by atoms with Crippen LogP contribution in [0.1, 0.15) is 36.5 Å². The van der Waals surface area contributed by atoms with Crippen LogP contribution < -0.4 is 5.32 Å². The Morgan fingerprint density at radius 3 is 2.52 bits per heavy atom. The van der Waals surface area contributed by atoms with E-state index in [0.29, 0.717) is 6.61 Å². The Bertz CT molecular complexity index is 693. The third-order valence-electron chi connectivity index (χ3n) is 4.57. The molecule has 3 atom stereocenters. The van der Waals surface area contributed by atoms with E-state index in [4.69, 9.17) is 4.74 Å². The lowest BCUT2D eigenvalue weighted by atomic mass is 9.74. The van der Waals surface area contributed by atoms with Crippen molar-refractivity contribution in [3.05, 3.63) is 65.2 Å². The Kier molecular flexibility index (Phi) is 4.37. The molecule has 2 aromatic carbocycles. The zero-order valence-corrected chi connectivity index (χ0v) is 13.9. The minimum absolute atomic E-state index is 0.0158. The molecule has 1 aliphatic heterocycles. The van der Waals surface area contributed by atoms with Gasteiger partial charge in [-0.3, -0.25) is 4.79 Å². The van der Waals surface area contributed by atoms with Crippen LogP contribution in [0.4, 0.5) is 5.69 Å². The number of hydrogen-bond donors (Lipinski definition) is 1. The molecule has 0 aliphatic carbocycles. The second kappa shape index (κ2) is 6.45. The van der Waals surface area contributed by atoms with E-state index in [1.54, 1.807) is 0 Å². The van der Waals surface area contributed by atoms with Gasteiger partial charge in [-0.1, -0.05) is 48.0 Å². The molecule has 0 saturated carbocycles. The molecule has 1 N–H and O–H groups in total. The summed E-state index contributed by atoms with van der Waals surface area (Å²) in [5.74, 6) is -0.345. The average Bonchev–Trinajstić information content (AvgIpc) is 2.54. The third-order valence-corrected chi connectivity index (χ3v) is 4.57. The van der Waals surface area contributed by atoms with Gasteiger partial charge in [0.25, 0.3) is 0 Å². The quantitative estimate of drug-likeness (QED) is 0.867. The number of nitrogens with one attached hydrogen (secondary N) is 1. The van der Waals surface area contributed by atoms with Crippen LogP contribution in [0.3, 0.4) is 0 Å². The van der Waals surface area contributed by atoms with E-state index in [2.05, 4.69) is 55.6 Å². The number of aryl methyl sites for hydroxylation is 1. The highest BCUT2D eigenvalue weighted by atomic mass is 16.5. The average molecular weight is 309 g/mol. The van der Waals surface area contributed by atoms with Crippen molar-refractivity contribution >= 4 is 11.7 Å². The van der Waals surface area contributed by atoms with Gasteiger partial charge in [0.2, 0.25) is 0 Å². The van der Waals surface area contributed by atoms with Gasteiger partial charge in [0.15, 0.2) is 0 Å². The Morgan fingerprint density at radius 1 is 1.13 bits per heavy atom. The van der Waals surface area contributed by atoms with E-state index in [1.165, 1.54) is 5.56 Å². The summed E-state index contributed by atoms with van der Waals surface area (Å²) in [6, 6.07) is 16.7. The molecule has 0 spiro atoms. The molecule has 0 amide bonds. The maximum Gasteiger partial charge on any atom is 0.311 e. The van der Waals surface area contributed by atoms with Gasteiger partial charge in [-0.05, 0) is 38.0 Å². The van der Waals surface area contributed by atoms with E-state index in [1.807, 2.05) is 19.1 Å².